The van der Waals surface area contributed by atoms with Crippen molar-refractivity contribution in [3.63, 3.8) is 0 Å². The summed E-state index contributed by atoms with van der Waals surface area (Å²) in [7, 11) is 0. The zero-order chi connectivity index (χ0) is 13.7. The topological polar surface area (TPSA) is 38.3 Å². The SMILES string of the molecule is Cc1cccc(C(=O)NCCCOCC2CC2)c1C. The molecule has 0 radical (unpaired) electrons. The molecule has 0 aromatic heterocycles. The average Bonchev–Trinajstić information content (AvgIpc) is 3.20. The van der Waals surface area contributed by atoms with Crippen molar-refractivity contribution >= 4 is 5.91 Å². The van der Waals surface area contributed by atoms with Gasteiger partial charge in [-0.25, -0.2) is 0 Å². The lowest BCUT2D eigenvalue weighted by Crippen LogP contribution is -2.26. The molecule has 0 unspecified atom stereocenters. The summed E-state index contributed by atoms with van der Waals surface area (Å²) in [6.07, 6.45) is 3.52. The molecule has 1 fully saturated rings. The highest BCUT2D eigenvalue weighted by molar-refractivity contribution is 5.95. The Morgan fingerprint density at radius 3 is 2.89 bits per heavy atom. The van der Waals surface area contributed by atoms with Gasteiger partial charge in [0.15, 0.2) is 0 Å². The van der Waals surface area contributed by atoms with Crippen LogP contribution in [0.25, 0.3) is 0 Å². The maximum atomic E-state index is 12.0. The zero-order valence-electron chi connectivity index (χ0n) is 11.9. The van der Waals surface area contributed by atoms with E-state index in [9.17, 15) is 4.79 Å². The van der Waals surface area contributed by atoms with Crippen molar-refractivity contribution < 1.29 is 9.53 Å². The Morgan fingerprint density at radius 1 is 1.37 bits per heavy atom. The Morgan fingerprint density at radius 2 is 2.16 bits per heavy atom. The van der Waals surface area contributed by atoms with E-state index in [1.165, 1.54) is 12.8 Å². The Labute approximate surface area is 115 Å². The fraction of sp³-hybridized carbons (Fsp3) is 0.562. The standard InChI is InChI=1S/C16H23NO2/c1-12-5-3-6-15(13(12)2)16(18)17-9-4-10-19-11-14-7-8-14/h3,5-6,14H,4,7-11H2,1-2H3,(H,17,18). The summed E-state index contributed by atoms with van der Waals surface area (Å²) in [5, 5.41) is 2.95. The number of carbonyl (C=O) groups excluding carboxylic acids is 1. The third-order valence-corrected chi connectivity index (χ3v) is 3.65. The maximum absolute atomic E-state index is 12.0. The molecule has 1 aliphatic carbocycles. The van der Waals surface area contributed by atoms with E-state index in [0.717, 1.165) is 42.2 Å². The van der Waals surface area contributed by atoms with Gasteiger partial charge in [0.05, 0.1) is 0 Å². The molecular weight excluding hydrogens is 238 g/mol. The van der Waals surface area contributed by atoms with Gasteiger partial charge in [-0.3, -0.25) is 4.79 Å². The number of rotatable bonds is 7. The normalized spacial score (nSPS) is 14.4. The molecule has 0 heterocycles. The minimum absolute atomic E-state index is 0.0170. The number of hydrogen-bond acceptors (Lipinski definition) is 2. The van der Waals surface area contributed by atoms with E-state index < -0.39 is 0 Å². The van der Waals surface area contributed by atoms with Crippen molar-refractivity contribution in [3.8, 4) is 0 Å². The molecule has 3 heteroatoms. The highest BCUT2D eigenvalue weighted by Gasteiger charge is 2.20. The van der Waals surface area contributed by atoms with Gasteiger partial charge in [0, 0.05) is 25.3 Å². The molecule has 1 aliphatic rings. The number of benzene rings is 1. The number of amides is 1. The Bertz CT molecular complexity index is 438. The minimum Gasteiger partial charge on any atom is -0.381 e. The van der Waals surface area contributed by atoms with Crippen LogP contribution >= 0.6 is 0 Å². The molecular formula is C16H23NO2. The monoisotopic (exact) mass is 261 g/mol. The lowest BCUT2D eigenvalue weighted by atomic mass is 10.0. The van der Waals surface area contributed by atoms with E-state index >= 15 is 0 Å². The minimum atomic E-state index is 0.0170. The largest absolute Gasteiger partial charge is 0.381 e. The Balaban J connectivity index is 1.67. The van der Waals surface area contributed by atoms with Crippen LogP contribution in [0.5, 0.6) is 0 Å². The number of carbonyl (C=O) groups is 1. The molecule has 1 amide bonds. The zero-order valence-corrected chi connectivity index (χ0v) is 11.9. The predicted molar refractivity (Wildman–Crippen MR) is 76.4 cm³/mol. The van der Waals surface area contributed by atoms with Crippen molar-refractivity contribution in [2.45, 2.75) is 33.1 Å². The van der Waals surface area contributed by atoms with Crippen LogP contribution in [-0.4, -0.2) is 25.7 Å². The molecule has 0 saturated heterocycles. The number of hydrogen-bond donors (Lipinski definition) is 1. The van der Waals surface area contributed by atoms with Gasteiger partial charge in [0.1, 0.15) is 0 Å². The van der Waals surface area contributed by atoms with Gasteiger partial charge < -0.3 is 10.1 Å². The molecule has 1 aromatic carbocycles. The second-order valence-electron chi connectivity index (χ2n) is 5.38. The smallest absolute Gasteiger partial charge is 0.251 e. The van der Waals surface area contributed by atoms with Crippen LogP contribution in [0.4, 0.5) is 0 Å². The summed E-state index contributed by atoms with van der Waals surface area (Å²) in [5.41, 5.74) is 2.99. The molecule has 0 bridgehead atoms. The quantitative estimate of drug-likeness (QED) is 0.766. The van der Waals surface area contributed by atoms with Crippen molar-refractivity contribution in [2.75, 3.05) is 19.8 Å². The lowest BCUT2D eigenvalue weighted by Gasteiger charge is -2.09. The van der Waals surface area contributed by atoms with Crippen LogP contribution in [0, 0.1) is 19.8 Å². The average molecular weight is 261 g/mol. The summed E-state index contributed by atoms with van der Waals surface area (Å²) >= 11 is 0. The van der Waals surface area contributed by atoms with Crippen molar-refractivity contribution in [1.29, 1.82) is 0 Å². The summed E-state index contributed by atoms with van der Waals surface area (Å²) < 4.78 is 5.54. The summed E-state index contributed by atoms with van der Waals surface area (Å²) in [5.74, 6) is 0.827. The van der Waals surface area contributed by atoms with Gasteiger partial charge in [0.2, 0.25) is 0 Å². The van der Waals surface area contributed by atoms with E-state index in [-0.39, 0.29) is 5.91 Å². The highest BCUT2D eigenvalue weighted by Crippen LogP contribution is 2.28. The molecule has 0 atom stereocenters. The van der Waals surface area contributed by atoms with Gasteiger partial charge >= 0.3 is 0 Å². The number of ether oxygens (including phenoxy) is 1. The molecule has 1 saturated carbocycles. The van der Waals surface area contributed by atoms with Crippen LogP contribution in [0.1, 0.15) is 40.7 Å². The number of aryl methyl sites for hydroxylation is 1. The molecule has 19 heavy (non-hydrogen) atoms. The molecule has 3 nitrogen and oxygen atoms in total. The third-order valence-electron chi connectivity index (χ3n) is 3.65. The Hall–Kier alpha value is -1.35. The predicted octanol–water partition coefficient (Wildman–Crippen LogP) is 2.85. The molecule has 0 spiro atoms. The highest BCUT2D eigenvalue weighted by atomic mass is 16.5. The second-order valence-corrected chi connectivity index (χ2v) is 5.38. The molecule has 0 aliphatic heterocycles. The van der Waals surface area contributed by atoms with Gasteiger partial charge in [0.25, 0.3) is 5.91 Å². The van der Waals surface area contributed by atoms with E-state index in [0.29, 0.717) is 6.54 Å². The van der Waals surface area contributed by atoms with Crippen LogP contribution in [-0.2, 0) is 4.74 Å². The first-order valence-corrected chi connectivity index (χ1v) is 7.10. The van der Waals surface area contributed by atoms with E-state index in [1.54, 1.807) is 0 Å². The summed E-state index contributed by atoms with van der Waals surface area (Å²) in [6, 6.07) is 5.83. The van der Waals surface area contributed by atoms with Crippen LogP contribution in [0.2, 0.25) is 0 Å². The molecule has 104 valence electrons. The van der Waals surface area contributed by atoms with Gasteiger partial charge in [-0.2, -0.15) is 0 Å². The second kappa shape index (κ2) is 6.71. The first kappa shape index (κ1) is 14.1. The fourth-order valence-corrected chi connectivity index (χ4v) is 2.00. The first-order valence-electron chi connectivity index (χ1n) is 7.10. The van der Waals surface area contributed by atoms with Crippen LogP contribution < -0.4 is 5.32 Å². The maximum Gasteiger partial charge on any atom is 0.251 e. The van der Waals surface area contributed by atoms with Crippen LogP contribution in [0.15, 0.2) is 18.2 Å². The van der Waals surface area contributed by atoms with E-state index in [1.807, 2.05) is 32.0 Å². The summed E-state index contributed by atoms with van der Waals surface area (Å²) in [4.78, 5) is 12.0. The van der Waals surface area contributed by atoms with E-state index in [4.69, 9.17) is 4.74 Å². The van der Waals surface area contributed by atoms with Crippen molar-refractivity contribution in [1.82, 2.24) is 5.32 Å². The van der Waals surface area contributed by atoms with Gasteiger partial charge in [-0.05, 0) is 56.2 Å². The third kappa shape index (κ3) is 4.35. The first-order chi connectivity index (χ1) is 9.18. The Kier molecular flexibility index (Phi) is 4.97. The lowest BCUT2D eigenvalue weighted by molar-refractivity contribution is 0.0936. The van der Waals surface area contributed by atoms with Crippen molar-refractivity contribution in [2.24, 2.45) is 5.92 Å². The fourth-order valence-electron chi connectivity index (χ4n) is 2.00. The molecule has 2 rings (SSSR count). The number of nitrogens with one attached hydrogen (secondary N) is 1. The van der Waals surface area contributed by atoms with E-state index in [2.05, 4.69) is 5.32 Å². The van der Waals surface area contributed by atoms with Gasteiger partial charge in [-0.1, -0.05) is 12.1 Å². The van der Waals surface area contributed by atoms with Crippen molar-refractivity contribution in [3.05, 3.63) is 34.9 Å². The summed E-state index contributed by atoms with van der Waals surface area (Å²) in [6.45, 7) is 6.33. The molecule has 1 N–H and O–H groups in total. The van der Waals surface area contributed by atoms with Crippen LogP contribution in [0.3, 0.4) is 0 Å². The van der Waals surface area contributed by atoms with Gasteiger partial charge in [-0.15, -0.1) is 0 Å². The molecule has 1 aromatic rings.